The Bertz CT molecular complexity index is 841. The standard InChI is InChI=1S/C23H23NO2.ClH/c1-3-24(4-2)17-11-10-16-23(18-12-6-5-7-13-18)21(25)19-14-8-9-15-20(19)22(23)26;/h5-9,12-15H,3-4,16-17H2,1-2H3;1H. The molecular weight excluding hydrogens is 358 g/mol. The molecule has 0 spiro atoms. The second kappa shape index (κ2) is 8.99. The summed E-state index contributed by atoms with van der Waals surface area (Å²) in [5, 5.41) is 0. The molecular formula is C23H24ClNO2. The number of hydrogen-bond acceptors (Lipinski definition) is 3. The van der Waals surface area contributed by atoms with Gasteiger partial charge in [0.15, 0.2) is 11.6 Å². The lowest BCUT2D eigenvalue weighted by molar-refractivity contribution is 0.0798. The van der Waals surface area contributed by atoms with Crippen LogP contribution in [0.2, 0.25) is 0 Å². The van der Waals surface area contributed by atoms with Crippen LogP contribution >= 0.6 is 12.4 Å². The van der Waals surface area contributed by atoms with E-state index >= 15 is 0 Å². The van der Waals surface area contributed by atoms with Crippen LogP contribution < -0.4 is 0 Å². The van der Waals surface area contributed by atoms with Gasteiger partial charge in [0.1, 0.15) is 5.41 Å². The van der Waals surface area contributed by atoms with Gasteiger partial charge in [-0.05, 0) is 18.7 Å². The summed E-state index contributed by atoms with van der Waals surface area (Å²) in [7, 11) is 0. The highest BCUT2D eigenvalue weighted by Crippen LogP contribution is 2.41. The molecule has 2 aromatic rings. The van der Waals surface area contributed by atoms with E-state index in [1.165, 1.54) is 0 Å². The Hall–Kier alpha value is -2.41. The fraction of sp³-hybridized carbons (Fsp3) is 0.304. The van der Waals surface area contributed by atoms with Gasteiger partial charge in [-0.1, -0.05) is 74.4 Å². The third kappa shape index (κ3) is 3.69. The zero-order valence-corrected chi connectivity index (χ0v) is 16.5. The van der Waals surface area contributed by atoms with Crippen molar-refractivity contribution in [2.45, 2.75) is 25.7 Å². The zero-order chi connectivity index (χ0) is 18.6. The van der Waals surface area contributed by atoms with Crippen LogP contribution in [0, 0.1) is 11.8 Å². The molecule has 0 heterocycles. The van der Waals surface area contributed by atoms with E-state index in [-0.39, 0.29) is 30.4 Å². The number of Topliss-reactive ketones (excluding diaryl/α,β-unsaturated/α-hetero) is 2. The van der Waals surface area contributed by atoms with Gasteiger partial charge in [-0.2, -0.15) is 0 Å². The van der Waals surface area contributed by atoms with Gasteiger partial charge in [-0.3, -0.25) is 14.5 Å². The van der Waals surface area contributed by atoms with E-state index in [0.717, 1.165) is 18.7 Å². The van der Waals surface area contributed by atoms with E-state index in [1.807, 2.05) is 30.3 Å². The van der Waals surface area contributed by atoms with Gasteiger partial charge in [0, 0.05) is 17.5 Å². The highest BCUT2D eigenvalue weighted by Gasteiger charge is 2.53. The van der Waals surface area contributed by atoms with Crippen molar-refractivity contribution in [1.29, 1.82) is 0 Å². The van der Waals surface area contributed by atoms with E-state index < -0.39 is 5.41 Å². The molecule has 4 heteroatoms. The van der Waals surface area contributed by atoms with Crippen LogP contribution in [0.1, 0.15) is 46.5 Å². The average Bonchev–Trinajstić information content (AvgIpc) is 2.91. The molecule has 0 amide bonds. The molecule has 0 unspecified atom stereocenters. The van der Waals surface area contributed by atoms with Crippen molar-refractivity contribution in [3.63, 3.8) is 0 Å². The number of hydrogen-bond donors (Lipinski definition) is 0. The number of nitrogens with zero attached hydrogens (tertiary/aromatic N) is 1. The third-order valence-corrected chi connectivity index (χ3v) is 5.13. The minimum Gasteiger partial charge on any atom is -0.293 e. The van der Waals surface area contributed by atoms with Crippen molar-refractivity contribution in [3.8, 4) is 11.8 Å². The summed E-state index contributed by atoms with van der Waals surface area (Å²) < 4.78 is 0. The molecule has 0 saturated heterocycles. The average molecular weight is 382 g/mol. The van der Waals surface area contributed by atoms with Gasteiger partial charge < -0.3 is 0 Å². The summed E-state index contributed by atoms with van der Waals surface area (Å²) in [6, 6.07) is 16.4. The number of halogens is 1. The summed E-state index contributed by atoms with van der Waals surface area (Å²) in [5.41, 5.74) is 0.517. The smallest absolute Gasteiger partial charge is 0.182 e. The second-order valence-electron chi connectivity index (χ2n) is 6.47. The van der Waals surface area contributed by atoms with Crippen LogP contribution in [0.25, 0.3) is 0 Å². The molecule has 0 aliphatic heterocycles. The maximum absolute atomic E-state index is 13.3. The SMILES string of the molecule is CCN(CC)CC#CCC1(c2ccccc2)C(=O)c2ccccc2C1=O.Cl. The summed E-state index contributed by atoms with van der Waals surface area (Å²) in [6.07, 6.45) is 0.213. The quantitative estimate of drug-likeness (QED) is 0.576. The largest absolute Gasteiger partial charge is 0.293 e. The molecule has 0 aromatic heterocycles. The van der Waals surface area contributed by atoms with Gasteiger partial charge >= 0.3 is 0 Å². The second-order valence-corrected chi connectivity index (χ2v) is 6.47. The molecule has 1 aliphatic rings. The van der Waals surface area contributed by atoms with Crippen molar-refractivity contribution in [3.05, 3.63) is 71.3 Å². The van der Waals surface area contributed by atoms with Crippen molar-refractivity contribution < 1.29 is 9.59 Å². The summed E-state index contributed by atoms with van der Waals surface area (Å²) in [5.74, 6) is 6.00. The molecule has 0 atom stereocenters. The Kier molecular flexibility index (Phi) is 6.96. The monoisotopic (exact) mass is 381 g/mol. The molecule has 2 aromatic carbocycles. The Labute approximate surface area is 167 Å². The summed E-state index contributed by atoms with van der Waals surface area (Å²) in [4.78, 5) is 28.7. The predicted octanol–water partition coefficient (Wildman–Crippen LogP) is 4.16. The predicted molar refractivity (Wildman–Crippen MR) is 111 cm³/mol. The number of carbonyl (C=O) groups excluding carboxylic acids is 2. The maximum Gasteiger partial charge on any atom is 0.182 e. The first-order chi connectivity index (χ1) is 12.6. The minimum absolute atomic E-state index is 0. The van der Waals surface area contributed by atoms with Crippen LogP contribution in [0.4, 0.5) is 0 Å². The van der Waals surface area contributed by atoms with Gasteiger partial charge in [-0.15, -0.1) is 18.3 Å². The zero-order valence-electron chi connectivity index (χ0n) is 15.7. The molecule has 1 aliphatic carbocycles. The van der Waals surface area contributed by atoms with E-state index in [4.69, 9.17) is 0 Å². The Morgan fingerprint density at radius 1 is 0.815 bits per heavy atom. The van der Waals surface area contributed by atoms with Crippen LogP contribution in [0.5, 0.6) is 0 Å². The number of ketones is 2. The first-order valence-corrected chi connectivity index (χ1v) is 9.07. The van der Waals surface area contributed by atoms with Crippen LogP contribution in [0.15, 0.2) is 54.6 Å². The Balaban J connectivity index is 0.00000261. The lowest BCUT2D eigenvalue weighted by atomic mass is 9.73. The topological polar surface area (TPSA) is 37.4 Å². The molecule has 3 nitrogen and oxygen atoms in total. The Morgan fingerprint density at radius 2 is 1.33 bits per heavy atom. The minimum atomic E-state index is -1.22. The lowest BCUT2D eigenvalue weighted by Crippen LogP contribution is -2.38. The van der Waals surface area contributed by atoms with E-state index in [0.29, 0.717) is 17.7 Å². The van der Waals surface area contributed by atoms with Crippen LogP contribution in [0.3, 0.4) is 0 Å². The van der Waals surface area contributed by atoms with Crippen LogP contribution in [-0.2, 0) is 5.41 Å². The highest BCUT2D eigenvalue weighted by molar-refractivity contribution is 6.33. The molecule has 0 radical (unpaired) electrons. The molecule has 0 N–H and O–H groups in total. The summed E-state index contributed by atoms with van der Waals surface area (Å²) in [6.45, 7) is 6.69. The highest BCUT2D eigenvalue weighted by atomic mass is 35.5. The normalized spacial score (nSPS) is 14.3. The molecule has 0 fully saturated rings. The van der Waals surface area contributed by atoms with Crippen molar-refractivity contribution >= 4 is 24.0 Å². The first-order valence-electron chi connectivity index (χ1n) is 9.07. The number of carbonyl (C=O) groups is 2. The summed E-state index contributed by atoms with van der Waals surface area (Å²) >= 11 is 0. The maximum atomic E-state index is 13.3. The molecule has 0 saturated carbocycles. The first kappa shape index (κ1) is 20.9. The van der Waals surface area contributed by atoms with E-state index in [9.17, 15) is 9.59 Å². The molecule has 27 heavy (non-hydrogen) atoms. The molecule has 0 bridgehead atoms. The molecule has 3 rings (SSSR count). The van der Waals surface area contributed by atoms with Crippen LogP contribution in [-0.4, -0.2) is 36.1 Å². The van der Waals surface area contributed by atoms with Crippen molar-refractivity contribution in [2.75, 3.05) is 19.6 Å². The van der Waals surface area contributed by atoms with Crippen molar-refractivity contribution in [2.24, 2.45) is 0 Å². The number of rotatable bonds is 5. The lowest BCUT2D eigenvalue weighted by Gasteiger charge is -2.24. The molecule has 140 valence electrons. The Morgan fingerprint density at radius 3 is 1.85 bits per heavy atom. The third-order valence-electron chi connectivity index (χ3n) is 5.13. The number of fused-ring (bicyclic) bond motifs is 1. The van der Waals surface area contributed by atoms with Gasteiger partial charge in [-0.25, -0.2) is 0 Å². The fourth-order valence-electron chi connectivity index (χ4n) is 3.50. The van der Waals surface area contributed by atoms with Crippen molar-refractivity contribution in [1.82, 2.24) is 4.90 Å². The van der Waals surface area contributed by atoms with E-state index in [2.05, 4.69) is 30.6 Å². The van der Waals surface area contributed by atoms with E-state index in [1.54, 1.807) is 24.3 Å². The van der Waals surface area contributed by atoms with Gasteiger partial charge in [0.05, 0.1) is 6.54 Å². The van der Waals surface area contributed by atoms with Gasteiger partial charge in [0.2, 0.25) is 0 Å². The van der Waals surface area contributed by atoms with Gasteiger partial charge in [0.25, 0.3) is 0 Å². The fourth-order valence-corrected chi connectivity index (χ4v) is 3.50. The number of benzene rings is 2.